The number of rotatable bonds is 6. The Labute approximate surface area is 112 Å². The molecule has 0 fully saturated rings. The van der Waals surface area contributed by atoms with Gasteiger partial charge >= 0.3 is 0 Å². The van der Waals surface area contributed by atoms with Crippen molar-refractivity contribution in [2.75, 3.05) is 18.5 Å². The van der Waals surface area contributed by atoms with Crippen molar-refractivity contribution in [1.82, 2.24) is 0 Å². The van der Waals surface area contributed by atoms with E-state index >= 15 is 0 Å². The topological polar surface area (TPSA) is 29.3 Å². The second-order valence-corrected chi connectivity index (χ2v) is 5.76. The zero-order valence-corrected chi connectivity index (χ0v) is 12.5. The Hall–Kier alpha value is -1.02. The number of aryl methyl sites for hydroxylation is 1. The maximum Gasteiger partial charge on any atom is 0.0366 e. The van der Waals surface area contributed by atoms with Gasteiger partial charge in [-0.15, -0.1) is 0 Å². The molecule has 18 heavy (non-hydrogen) atoms. The lowest BCUT2D eigenvalue weighted by atomic mass is 9.99. The van der Waals surface area contributed by atoms with Crippen molar-refractivity contribution in [2.24, 2.45) is 11.7 Å². The molecule has 2 nitrogen and oxygen atoms in total. The van der Waals surface area contributed by atoms with Gasteiger partial charge in [0.15, 0.2) is 0 Å². The van der Waals surface area contributed by atoms with Crippen LogP contribution >= 0.6 is 0 Å². The zero-order valence-electron chi connectivity index (χ0n) is 12.5. The van der Waals surface area contributed by atoms with Gasteiger partial charge in [0.2, 0.25) is 0 Å². The molecule has 0 aliphatic carbocycles. The largest absolute Gasteiger partial charge is 0.374 e. The molecule has 1 rings (SSSR count). The van der Waals surface area contributed by atoms with Crippen molar-refractivity contribution in [1.29, 1.82) is 0 Å². The fourth-order valence-electron chi connectivity index (χ4n) is 2.23. The molecule has 102 valence electrons. The average Bonchev–Trinajstić information content (AvgIpc) is 2.30. The second-order valence-electron chi connectivity index (χ2n) is 5.76. The molecule has 0 bridgehead atoms. The van der Waals surface area contributed by atoms with Gasteiger partial charge < -0.3 is 10.6 Å². The van der Waals surface area contributed by atoms with E-state index < -0.39 is 0 Å². The minimum Gasteiger partial charge on any atom is -0.374 e. The third-order valence-electron chi connectivity index (χ3n) is 3.41. The minimum atomic E-state index is 0.281. The Morgan fingerprint density at radius 3 is 2.44 bits per heavy atom. The first-order valence-electron chi connectivity index (χ1n) is 7.00. The molecule has 0 heterocycles. The molecule has 0 aromatic heterocycles. The molecule has 1 aromatic carbocycles. The zero-order chi connectivity index (χ0) is 13.7. The first-order chi connectivity index (χ1) is 8.43. The first-order valence-corrected chi connectivity index (χ1v) is 7.00. The number of hydrogen-bond acceptors (Lipinski definition) is 2. The molecular formula is C16H28N2. The number of benzene rings is 1. The molecule has 0 saturated heterocycles. The summed E-state index contributed by atoms with van der Waals surface area (Å²) >= 11 is 0. The number of hydrogen-bond donors (Lipinski definition) is 1. The van der Waals surface area contributed by atoms with Crippen LogP contribution in [0.4, 0.5) is 5.69 Å². The van der Waals surface area contributed by atoms with E-state index in [1.54, 1.807) is 0 Å². The van der Waals surface area contributed by atoms with Crippen molar-refractivity contribution >= 4 is 5.69 Å². The summed E-state index contributed by atoms with van der Waals surface area (Å²) in [6.45, 7) is 9.92. The van der Waals surface area contributed by atoms with Gasteiger partial charge in [-0.3, -0.25) is 0 Å². The molecule has 1 aromatic rings. The van der Waals surface area contributed by atoms with E-state index in [1.807, 2.05) is 0 Å². The lowest BCUT2D eigenvalue weighted by molar-refractivity contribution is 0.636. The van der Waals surface area contributed by atoms with Crippen molar-refractivity contribution in [3.63, 3.8) is 0 Å². The third kappa shape index (κ3) is 4.34. The van der Waals surface area contributed by atoms with Crippen LogP contribution in [0.3, 0.4) is 0 Å². The van der Waals surface area contributed by atoms with E-state index in [-0.39, 0.29) is 6.04 Å². The Balaban J connectivity index is 2.78. The second kappa shape index (κ2) is 6.79. The Kier molecular flexibility index (Phi) is 5.67. The van der Waals surface area contributed by atoms with Gasteiger partial charge in [0, 0.05) is 25.3 Å². The van der Waals surface area contributed by atoms with Crippen LogP contribution in [0.1, 0.15) is 38.3 Å². The van der Waals surface area contributed by atoms with Crippen LogP contribution in [0.25, 0.3) is 0 Å². The van der Waals surface area contributed by atoms with Crippen molar-refractivity contribution < 1.29 is 0 Å². The Bertz CT molecular complexity index is 371. The highest BCUT2D eigenvalue weighted by Gasteiger charge is 2.08. The minimum absolute atomic E-state index is 0.281. The van der Waals surface area contributed by atoms with E-state index in [0.29, 0.717) is 5.92 Å². The summed E-state index contributed by atoms with van der Waals surface area (Å²) < 4.78 is 0. The van der Waals surface area contributed by atoms with Gasteiger partial charge in [-0.1, -0.05) is 26.8 Å². The lowest BCUT2D eigenvalue weighted by Crippen LogP contribution is -2.23. The van der Waals surface area contributed by atoms with Gasteiger partial charge in [-0.2, -0.15) is 0 Å². The summed E-state index contributed by atoms with van der Waals surface area (Å²) in [6, 6.07) is 7.01. The fraction of sp³-hybridized carbons (Fsp3) is 0.625. The maximum atomic E-state index is 6.03. The van der Waals surface area contributed by atoms with Crippen molar-refractivity contribution in [2.45, 2.75) is 46.6 Å². The van der Waals surface area contributed by atoms with Crippen LogP contribution in [0.2, 0.25) is 0 Å². The summed E-state index contributed by atoms with van der Waals surface area (Å²) in [7, 11) is 2.16. The van der Waals surface area contributed by atoms with Gasteiger partial charge in [0.05, 0.1) is 0 Å². The van der Waals surface area contributed by atoms with Crippen LogP contribution < -0.4 is 10.6 Å². The van der Waals surface area contributed by atoms with E-state index in [9.17, 15) is 0 Å². The molecule has 2 heteroatoms. The van der Waals surface area contributed by atoms with Gasteiger partial charge in [-0.25, -0.2) is 0 Å². The SMILES string of the molecule is CCC(N)Cc1ccc(N(C)CC(C)C)cc1C. The van der Waals surface area contributed by atoms with E-state index in [4.69, 9.17) is 5.73 Å². The smallest absolute Gasteiger partial charge is 0.0366 e. The van der Waals surface area contributed by atoms with Gasteiger partial charge in [0.1, 0.15) is 0 Å². The highest BCUT2D eigenvalue weighted by atomic mass is 15.1. The molecule has 0 saturated carbocycles. The lowest BCUT2D eigenvalue weighted by Gasteiger charge is -2.23. The van der Waals surface area contributed by atoms with Crippen LogP contribution in [0, 0.1) is 12.8 Å². The van der Waals surface area contributed by atoms with Crippen molar-refractivity contribution in [3.8, 4) is 0 Å². The molecule has 0 aliphatic rings. The maximum absolute atomic E-state index is 6.03. The number of nitrogens with zero attached hydrogens (tertiary/aromatic N) is 1. The molecule has 0 spiro atoms. The predicted octanol–water partition coefficient (Wildman–Crippen LogP) is 3.37. The third-order valence-corrected chi connectivity index (χ3v) is 3.41. The molecule has 1 atom stereocenters. The van der Waals surface area contributed by atoms with Crippen molar-refractivity contribution in [3.05, 3.63) is 29.3 Å². The van der Waals surface area contributed by atoms with E-state index in [0.717, 1.165) is 19.4 Å². The van der Waals surface area contributed by atoms with E-state index in [2.05, 4.69) is 57.8 Å². The number of anilines is 1. The van der Waals surface area contributed by atoms with Crippen LogP contribution in [0.15, 0.2) is 18.2 Å². The summed E-state index contributed by atoms with van der Waals surface area (Å²) in [4.78, 5) is 2.32. The molecule has 0 amide bonds. The summed E-state index contributed by atoms with van der Waals surface area (Å²) in [5.41, 5.74) is 10.1. The van der Waals surface area contributed by atoms with E-state index in [1.165, 1.54) is 16.8 Å². The van der Waals surface area contributed by atoms with Gasteiger partial charge in [-0.05, 0) is 48.9 Å². The summed E-state index contributed by atoms with van der Waals surface area (Å²) in [5.74, 6) is 0.684. The summed E-state index contributed by atoms with van der Waals surface area (Å²) in [5, 5.41) is 0. The van der Waals surface area contributed by atoms with Crippen LogP contribution in [-0.2, 0) is 6.42 Å². The molecule has 2 N–H and O–H groups in total. The molecule has 0 aliphatic heterocycles. The Morgan fingerprint density at radius 1 is 1.28 bits per heavy atom. The monoisotopic (exact) mass is 248 g/mol. The highest BCUT2D eigenvalue weighted by Crippen LogP contribution is 2.20. The standard InChI is InChI=1S/C16H28N2/c1-6-15(17)10-14-7-8-16(9-13(14)4)18(5)11-12(2)3/h7-9,12,15H,6,10-11,17H2,1-5H3. The predicted molar refractivity (Wildman–Crippen MR) is 81.3 cm³/mol. The average molecular weight is 248 g/mol. The first kappa shape index (κ1) is 15.0. The molecule has 1 unspecified atom stereocenters. The van der Waals surface area contributed by atoms with Crippen LogP contribution in [-0.4, -0.2) is 19.6 Å². The highest BCUT2D eigenvalue weighted by molar-refractivity contribution is 5.50. The van der Waals surface area contributed by atoms with Gasteiger partial charge in [0.25, 0.3) is 0 Å². The normalized spacial score (nSPS) is 12.8. The quantitative estimate of drug-likeness (QED) is 0.836. The molecule has 0 radical (unpaired) electrons. The van der Waals surface area contributed by atoms with Crippen LogP contribution in [0.5, 0.6) is 0 Å². The molecular weight excluding hydrogens is 220 g/mol. The Morgan fingerprint density at radius 2 is 1.94 bits per heavy atom. The number of nitrogens with two attached hydrogens (primary N) is 1. The summed E-state index contributed by atoms with van der Waals surface area (Å²) in [6.07, 6.45) is 2.02. The fourth-order valence-corrected chi connectivity index (χ4v) is 2.23.